The lowest BCUT2D eigenvalue weighted by atomic mass is 10.1. The zero-order chi connectivity index (χ0) is 20.0. The third-order valence-corrected chi connectivity index (χ3v) is 4.82. The van der Waals surface area contributed by atoms with Crippen molar-refractivity contribution in [2.24, 2.45) is 7.05 Å². The Morgan fingerprint density at radius 1 is 1.18 bits per heavy atom. The first-order valence-corrected chi connectivity index (χ1v) is 8.97. The largest absolute Gasteiger partial charge is 0.447 e. The smallest absolute Gasteiger partial charge is 0.383 e. The summed E-state index contributed by atoms with van der Waals surface area (Å²) in [6, 6.07) is 9.55. The molecule has 7 nitrogen and oxygen atoms in total. The van der Waals surface area contributed by atoms with Gasteiger partial charge in [0.05, 0.1) is 23.8 Å². The van der Waals surface area contributed by atoms with E-state index in [2.05, 4.69) is 15.3 Å². The topological polar surface area (TPSA) is 72.1 Å². The molecule has 1 aliphatic heterocycles. The maximum Gasteiger partial charge on any atom is 0.383 e. The molecule has 1 N–H and O–H groups in total. The molecule has 0 aliphatic carbocycles. The van der Waals surface area contributed by atoms with Crippen LogP contribution in [0.4, 0.5) is 5.95 Å². The van der Waals surface area contributed by atoms with Gasteiger partial charge in [0.2, 0.25) is 5.95 Å². The van der Waals surface area contributed by atoms with Crippen LogP contribution in [0.1, 0.15) is 27.3 Å². The molecule has 0 spiro atoms. The van der Waals surface area contributed by atoms with Gasteiger partial charge < -0.3 is 9.30 Å². The average molecular weight is 376 g/mol. The minimum Gasteiger partial charge on any atom is -0.447 e. The van der Waals surface area contributed by atoms with Crippen molar-refractivity contribution in [1.82, 2.24) is 14.5 Å². The van der Waals surface area contributed by atoms with E-state index < -0.39 is 0 Å². The van der Waals surface area contributed by atoms with E-state index in [0.29, 0.717) is 17.2 Å². The fourth-order valence-corrected chi connectivity index (χ4v) is 3.38. The number of hydrogen-bond donors (Lipinski definition) is 1. The summed E-state index contributed by atoms with van der Waals surface area (Å²) < 4.78 is 9.14. The highest BCUT2D eigenvalue weighted by molar-refractivity contribution is 6.19. The molecule has 0 atom stereocenters. The molecule has 0 bridgehead atoms. The Bertz CT molecular complexity index is 1190. The van der Waals surface area contributed by atoms with Crippen LogP contribution in [0.2, 0.25) is 0 Å². The number of aromatic nitrogens is 3. The summed E-state index contributed by atoms with van der Waals surface area (Å²) in [4.78, 5) is 22.0. The number of methoxy groups -OCH3 is 1. The monoisotopic (exact) mass is 376 g/mol. The van der Waals surface area contributed by atoms with E-state index in [9.17, 15) is 4.79 Å². The van der Waals surface area contributed by atoms with Crippen molar-refractivity contribution in [1.29, 1.82) is 0 Å². The van der Waals surface area contributed by atoms with Gasteiger partial charge in [-0.15, -0.1) is 0 Å². The molecule has 1 aromatic carbocycles. The predicted molar refractivity (Wildman–Crippen MR) is 109 cm³/mol. The number of nitrogens with one attached hydrogen (secondary N) is 1. The van der Waals surface area contributed by atoms with Crippen molar-refractivity contribution in [2.75, 3.05) is 19.5 Å². The van der Waals surface area contributed by atoms with Crippen molar-refractivity contribution in [3.05, 3.63) is 59.0 Å². The van der Waals surface area contributed by atoms with Gasteiger partial charge in [-0.3, -0.25) is 15.1 Å². The number of anilines is 1. The number of ether oxygens (including phenoxy) is 1. The summed E-state index contributed by atoms with van der Waals surface area (Å²) >= 11 is 0. The lowest BCUT2D eigenvalue weighted by Gasteiger charge is -2.13. The van der Waals surface area contributed by atoms with Crippen molar-refractivity contribution in [3.8, 4) is 0 Å². The minimum absolute atomic E-state index is 0.228. The second-order valence-electron chi connectivity index (χ2n) is 6.99. The summed E-state index contributed by atoms with van der Waals surface area (Å²) in [5.41, 5.74) is 5.83. The molecule has 142 valence electrons. The number of rotatable bonds is 3. The Morgan fingerprint density at radius 2 is 1.96 bits per heavy atom. The Labute approximate surface area is 163 Å². The number of fused-ring (bicyclic) bond motifs is 1. The van der Waals surface area contributed by atoms with E-state index in [0.717, 1.165) is 33.8 Å². The van der Waals surface area contributed by atoms with Gasteiger partial charge in [-0.05, 0) is 43.7 Å². The fourth-order valence-electron chi connectivity index (χ4n) is 3.38. The number of carbonyl (C=O) groups excluding carboxylic acids is 1. The summed E-state index contributed by atoms with van der Waals surface area (Å²) in [7, 11) is 5.41. The first-order chi connectivity index (χ1) is 13.4. The van der Waals surface area contributed by atoms with Gasteiger partial charge in [0.25, 0.3) is 5.91 Å². The molecular weight excluding hydrogens is 354 g/mol. The summed E-state index contributed by atoms with van der Waals surface area (Å²) in [5, 5.41) is 2.92. The molecule has 0 fully saturated rings. The molecule has 0 unspecified atom stereocenters. The second kappa shape index (κ2) is 6.60. The van der Waals surface area contributed by atoms with Crippen LogP contribution in [0, 0.1) is 13.8 Å². The fraction of sp³-hybridized carbons (Fsp3) is 0.238. The van der Waals surface area contributed by atoms with Crippen molar-refractivity contribution in [2.45, 2.75) is 13.8 Å². The molecule has 28 heavy (non-hydrogen) atoms. The summed E-state index contributed by atoms with van der Waals surface area (Å²) in [6.45, 7) is 3.90. The van der Waals surface area contributed by atoms with Crippen LogP contribution >= 0.6 is 0 Å². The van der Waals surface area contributed by atoms with Gasteiger partial charge in [0, 0.05) is 18.3 Å². The number of nitrogens with zero attached hydrogens (tertiary/aromatic N) is 4. The number of imidazole rings is 1. The number of aryl methyl sites for hydroxylation is 3. The molecule has 0 saturated heterocycles. The summed E-state index contributed by atoms with van der Waals surface area (Å²) in [5.74, 6) is 1.01. The Balaban J connectivity index is 1.64. The third kappa shape index (κ3) is 2.94. The molecule has 3 aromatic rings. The normalized spacial score (nSPS) is 13.4. The van der Waals surface area contributed by atoms with E-state index in [1.54, 1.807) is 19.2 Å². The first kappa shape index (κ1) is 17.9. The Morgan fingerprint density at radius 3 is 2.68 bits per heavy atom. The van der Waals surface area contributed by atoms with Crippen LogP contribution in [-0.4, -0.2) is 45.1 Å². The quantitative estimate of drug-likeness (QED) is 0.714. The molecule has 0 radical (unpaired) electrons. The highest BCUT2D eigenvalue weighted by Gasteiger charge is 2.31. The maximum absolute atomic E-state index is 12.9. The van der Waals surface area contributed by atoms with Crippen LogP contribution in [0.5, 0.6) is 0 Å². The van der Waals surface area contributed by atoms with Crippen LogP contribution < -0.4 is 5.32 Å². The zero-order valence-electron chi connectivity index (χ0n) is 16.6. The van der Waals surface area contributed by atoms with E-state index in [4.69, 9.17) is 4.74 Å². The Kier molecular flexibility index (Phi) is 4.22. The lowest BCUT2D eigenvalue weighted by Crippen LogP contribution is -2.26. The molecular formula is C21H22N5O2+. The average Bonchev–Trinajstić information content (AvgIpc) is 2.94. The van der Waals surface area contributed by atoms with Gasteiger partial charge in [-0.25, -0.2) is 4.98 Å². The molecule has 2 aromatic heterocycles. The number of pyridine rings is 1. The number of hydrogen-bond acceptors (Lipinski definition) is 4. The minimum atomic E-state index is -0.228. The van der Waals surface area contributed by atoms with Crippen molar-refractivity contribution in [3.63, 3.8) is 0 Å². The zero-order valence-corrected chi connectivity index (χ0v) is 16.6. The SMILES string of the molecule is COC1=[N+](C)C=C1c1cc(C(=O)Nc2nc3ccc(C)cc3n2C)cc(C)n1. The number of carbonyl (C=O) groups is 1. The highest BCUT2D eigenvalue weighted by Crippen LogP contribution is 2.24. The van der Waals surface area contributed by atoms with Gasteiger partial charge >= 0.3 is 5.90 Å². The van der Waals surface area contributed by atoms with Crippen molar-refractivity contribution >= 4 is 34.4 Å². The van der Waals surface area contributed by atoms with E-state index >= 15 is 0 Å². The third-order valence-electron chi connectivity index (χ3n) is 4.82. The van der Waals surface area contributed by atoms with Gasteiger partial charge in [0.15, 0.2) is 11.8 Å². The van der Waals surface area contributed by atoms with E-state index in [1.807, 2.05) is 61.5 Å². The first-order valence-electron chi connectivity index (χ1n) is 8.97. The molecule has 1 amide bonds. The number of amides is 1. The van der Waals surface area contributed by atoms with E-state index in [-0.39, 0.29) is 5.91 Å². The highest BCUT2D eigenvalue weighted by atomic mass is 16.5. The van der Waals surface area contributed by atoms with Crippen LogP contribution in [0.25, 0.3) is 16.6 Å². The standard InChI is InChI=1S/C21H21N5O2/c1-12-6-7-16-18(8-12)26(4)21(23-16)24-19(27)14-9-13(2)22-17(10-14)15-11-25(3)20(15)28-5/h6-11H,1-5H3/p+1. The molecule has 1 aliphatic rings. The predicted octanol–water partition coefficient (Wildman–Crippen LogP) is 2.88. The molecule has 0 saturated carbocycles. The Hall–Kier alpha value is -3.48. The van der Waals surface area contributed by atoms with Crippen LogP contribution in [0.3, 0.4) is 0 Å². The van der Waals surface area contributed by atoms with Gasteiger partial charge in [0.1, 0.15) is 7.05 Å². The van der Waals surface area contributed by atoms with Crippen molar-refractivity contribution < 1.29 is 14.1 Å². The molecule has 4 rings (SSSR count). The molecule has 7 heteroatoms. The molecule has 3 heterocycles. The van der Waals surface area contributed by atoms with E-state index in [1.165, 1.54) is 0 Å². The van der Waals surface area contributed by atoms with Crippen LogP contribution in [0.15, 0.2) is 36.5 Å². The van der Waals surface area contributed by atoms with Gasteiger partial charge in [-0.1, -0.05) is 6.07 Å². The maximum atomic E-state index is 12.9. The lowest BCUT2D eigenvalue weighted by molar-refractivity contribution is -0.440. The number of benzene rings is 1. The van der Waals surface area contributed by atoms with Crippen LogP contribution in [-0.2, 0) is 11.8 Å². The second-order valence-corrected chi connectivity index (χ2v) is 6.99. The van der Waals surface area contributed by atoms with Gasteiger partial charge in [-0.2, -0.15) is 4.58 Å². The summed E-state index contributed by atoms with van der Waals surface area (Å²) in [6.07, 6.45) is 1.93.